The minimum atomic E-state index is -0.896. The Balaban J connectivity index is 2.38. The highest BCUT2D eigenvalue weighted by Crippen LogP contribution is 2.30. The topological polar surface area (TPSA) is 49.8 Å². The Morgan fingerprint density at radius 2 is 1.81 bits per heavy atom. The van der Waals surface area contributed by atoms with Crippen molar-refractivity contribution in [1.82, 2.24) is 9.97 Å². The number of anilines is 3. The number of aromatic nitrogens is 2. The van der Waals surface area contributed by atoms with E-state index >= 15 is 0 Å². The fourth-order valence-electron chi connectivity index (χ4n) is 2.06. The number of hydrogen-bond acceptors (Lipinski definition) is 4. The third-order valence-electron chi connectivity index (χ3n) is 2.99. The maximum Gasteiger partial charge on any atom is 0.160 e. The number of hydrogen-bond donors (Lipinski definition) is 2. The van der Waals surface area contributed by atoms with Crippen LogP contribution in [-0.2, 0) is 0 Å². The maximum atomic E-state index is 13.3. The first-order valence-corrected chi connectivity index (χ1v) is 6.83. The number of benzene rings is 1. The van der Waals surface area contributed by atoms with Crippen LogP contribution in [0, 0.1) is 11.6 Å². The molecule has 2 rings (SSSR count). The summed E-state index contributed by atoms with van der Waals surface area (Å²) in [4.78, 5) is 8.44. The highest BCUT2D eigenvalue weighted by atomic mass is 19.2. The van der Waals surface area contributed by atoms with Gasteiger partial charge in [0, 0.05) is 23.9 Å². The van der Waals surface area contributed by atoms with E-state index < -0.39 is 11.6 Å². The molecule has 0 amide bonds. The van der Waals surface area contributed by atoms with Crippen LogP contribution in [0.1, 0.15) is 32.3 Å². The van der Waals surface area contributed by atoms with Gasteiger partial charge in [-0.3, -0.25) is 0 Å². The smallest absolute Gasteiger partial charge is 0.160 e. The Kier molecular flexibility index (Phi) is 4.67. The fourth-order valence-corrected chi connectivity index (χ4v) is 2.06. The summed E-state index contributed by atoms with van der Waals surface area (Å²) < 4.78 is 26.3. The molecule has 4 nitrogen and oxygen atoms in total. The second-order valence-corrected chi connectivity index (χ2v) is 4.92. The zero-order valence-corrected chi connectivity index (χ0v) is 12.2. The molecule has 0 bridgehead atoms. The van der Waals surface area contributed by atoms with Gasteiger partial charge in [0.2, 0.25) is 0 Å². The highest BCUT2D eigenvalue weighted by molar-refractivity contribution is 5.65. The monoisotopic (exact) mass is 292 g/mol. The van der Waals surface area contributed by atoms with Gasteiger partial charge in [-0.2, -0.15) is 0 Å². The van der Waals surface area contributed by atoms with Crippen LogP contribution < -0.4 is 10.6 Å². The second-order valence-electron chi connectivity index (χ2n) is 4.92. The SMILES string of the molecule is CCNc1ncnc(Nc2ccc(F)c(F)c2)c1C(C)C. The largest absolute Gasteiger partial charge is 0.370 e. The summed E-state index contributed by atoms with van der Waals surface area (Å²) in [5.41, 5.74) is 1.35. The van der Waals surface area contributed by atoms with Crippen molar-refractivity contribution in [1.29, 1.82) is 0 Å². The van der Waals surface area contributed by atoms with Crippen LogP contribution in [0.3, 0.4) is 0 Å². The van der Waals surface area contributed by atoms with Crippen LogP contribution in [0.5, 0.6) is 0 Å². The Morgan fingerprint density at radius 3 is 2.43 bits per heavy atom. The predicted molar refractivity (Wildman–Crippen MR) is 79.9 cm³/mol. The van der Waals surface area contributed by atoms with Gasteiger partial charge < -0.3 is 10.6 Å². The molecule has 0 aliphatic carbocycles. The molecule has 2 aromatic rings. The van der Waals surface area contributed by atoms with Gasteiger partial charge in [0.25, 0.3) is 0 Å². The molecule has 21 heavy (non-hydrogen) atoms. The van der Waals surface area contributed by atoms with Crippen molar-refractivity contribution in [2.75, 3.05) is 17.2 Å². The zero-order chi connectivity index (χ0) is 15.4. The lowest BCUT2D eigenvalue weighted by atomic mass is 10.0. The van der Waals surface area contributed by atoms with Gasteiger partial charge in [0.15, 0.2) is 11.6 Å². The van der Waals surface area contributed by atoms with Gasteiger partial charge in [-0.1, -0.05) is 13.8 Å². The van der Waals surface area contributed by atoms with Crippen molar-refractivity contribution in [3.8, 4) is 0 Å². The van der Waals surface area contributed by atoms with Crippen LogP contribution in [0.2, 0.25) is 0 Å². The molecule has 0 saturated carbocycles. The molecule has 0 radical (unpaired) electrons. The molecule has 1 heterocycles. The van der Waals surface area contributed by atoms with E-state index in [1.54, 1.807) is 0 Å². The molecule has 6 heteroatoms. The van der Waals surface area contributed by atoms with Gasteiger partial charge in [-0.15, -0.1) is 0 Å². The van der Waals surface area contributed by atoms with Crippen LogP contribution >= 0.6 is 0 Å². The summed E-state index contributed by atoms with van der Waals surface area (Å²) in [5.74, 6) is -0.268. The summed E-state index contributed by atoms with van der Waals surface area (Å²) in [5, 5.41) is 6.20. The number of nitrogens with one attached hydrogen (secondary N) is 2. The summed E-state index contributed by atoms with van der Waals surface area (Å²) in [6, 6.07) is 3.66. The van der Waals surface area contributed by atoms with Gasteiger partial charge in [0.1, 0.15) is 18.0 Å². The van der Waals surface area contributed by atoms with E-state index in [0.717, 1.165) is 30.1 Å². The zero-order valence-electron chi connectivity index (χ0n) is 12.2. The van der Waals surface area contributed by atoms with Gasteiger partial charge >= 0.3 is 0 Å². The lowest BCUT2D eigenvalue weighted by Gasteiger charge is -2.17. The van der Waals surface area contributed by atoms with Crippen molar-refractivity contribution in [2.24, 2.45) is 0 Å². The Hall–Kier alpha value is -2.24. The summed E-state index contributed by atoms with van der Waals surface area (Å²) in [6.45, 7) is 6.77. The van der Waals surface area contributed by atoms with Crippen LogP contribution in [0.15, 0.2) is 24.5 Å². The van der Waals surface area contributed by atoms with E-state index in [-0.39, 0.29) is 5.92 Å². The van der Waals surface area contributed by atoms with Crippen LogP contribution in [0.25, 0.3) is 0 Å². The molecule has 0 unspecified atom stereocenters. The molecule has 2 N–H and O–H groups in total. The lowest BCUT2D eigenvalue weighted by Crippen LogP contribution is -2.09. The van der Waals surface area contributed by atoms with E-state index in [0.29, 0.717) is 11.5 Å². The van der Waals surface area contributed by atoms with Crippen molar-refractivity contribution >= 4 is 17.3 Å². The Morgan fingerprint density at radius 1 is 1.10 bits per heavy atom. The molecule has 0 saturated heterocycles. The van der Waals surface area contributed by atoms with Crippen molar-refractivity contribution in [2.45, 2.75) is 26.7 Å². The van der Waals surface area contributed by atoms with E-state index in [1.807, 2.05) is 20.8 Å². The number of halogens is 2. The summed E-state index contributed by atoms with van der Waals surface area (Å²) in [6.07, 6.45) is 1.44. The third-order valence-corrected chi connectivity index (χ3v) is 2.99. The molecule has 0 spiro atoms. The average Bonchev–Trinajstić information content (AvgIpc) is 2.43. The first kappa shape index (κ1) is 15.2. The standard InChI is InChI=1S/C15H18F2N4/c1-4-18-14-13(9(2)3)15(20-8-19-14)21-10-5-6-11(16)12(17)7-10/h5-9H,4H2,1-3H3,(H2,18,19,20,21). The molecule has 0 fully saturated rings. The first-order valence-electron chi connectivity index (χ1n) is 6.83. The Labute approximate surface area is 122 Å². The maximum absolute atomic E-state index is 13.3. The van der Waals surface area contributed by atoms with E-state index in [1.165, 1.54) is 12.4 Å². The van der Waals surface area contributed by atoms with Gasteiger partial charge in [-0.05, 0) is 25.0 Å². The normalized spacial score (nSPS) is 10.8. The molecule has 1 aromatic heterocycles. The van der Waals surface area contributed by atoms with E-state index in [4.69, 9.17) is 0 Å². The highest BCUT2D eigenvalue weighted by Gasteiger charge is 2.15. The van der Waals surface area contributed by atoms with Gasteiger partial charge in [0.05, 0.1) is 0 Å². The lowest BCUT2D eigenvalue weighted by molar-refractivity contribution is 0.509. The second kappa shape index (κ2) is 6.47. The van der Waals surface area contributed by atoms with Crippen LogP contribution in [0.4, 0.5) is 26.1 Å². The summed E-state index contributed by atoms with van der Waals surface area (Å²) in [7, 11) is 0. The van der Waals surface area contributed by atoms with Crippen molar-refractivity contribution in [3.05, 3.63) is 41.7 Å². The van der Waals surface area contributed by atoms with E-state index in [9.17, 15) is 8.78 Å². The van der Waals surface area contributed by atoms with Crippen LogP contribution in [-0.4, -0.2) is 16.5 Å². The molecule has 1 aromatic carbocycles. The molecule has 0 aliphatic rings. The average molecular weight is 292 g/mol. The third kappa shape index (κ3) is 3.45. The molecule has 0 atom stereocenters. The Bertz CT molecular complexity index is 629. The van der Waals surface area contributed by atoms with Gasteiger partial charge in [-0.25, -0.2) is 18.7 Å². The number of rotatable bonds is 5. The molecular weight excluding hydrogens is 274 g/mol. The minimum Gasteiger partial charge on any atom is -0.370 e. The molecular formula is C15H18F2N4. The molecule has 112 valence electrons. The van der Waals surface area contributed by atoms with E-state index in [2.05, 4.69) is 20.6 Å². The van der Waals surface area contributed by atoms with Crippen molar-refractivity contribution < 1.29 is 8.78 Å². The fraction of sp³-hybridized carbons (Fsp3) is 0.333. The molecule has 0 aliphatic heterocycles. The minimum absolute atomic E-state index is 0.174. The predicted octanol–water partition coefficient (Wildman–Crippen LogP) is 4.05. The summed E-state index contributed by atoms with van der Waals surface area (Å²) >= 11 is 0. The van der Waals surface area contributed by atoms with Crippen molar-refractivity contribution in [3.63, 3.8) is 0 Å². The number of nitrogens with zero attached hydrogens (tertiary/aromatic N) is 2. The first-order chi connectivity index (χ1) is 10.0. The quantitative estimate of drug-likeness (QED) is 0.872.